The van der Waals surface area contributed by atoms with Crippen molar-refractivity contribution in [2.45, 2.75) is 6.42 Å². The van der Waals surface area contributed by atoms with E-state index in [1.54, 1.807) is 11.1 Å². The van der Waals surface area contributed by atoms with Crippen LogP contribution in [0.15, 0.2) is 36.5 Å². The Labute approximate surface area is 122 Å². The zero-order valence-electron chi connectivity index (χ0n) is 11.3. The molecule has 1 aromatic heterocycles. The van der Waals surface area contributed by atoms with Gasteiger partial charge in [0.2, 0.25) is 15.9 Å². The van der Waals surface area contributed by atoms with E-state index in [-0.39, 0.29) is 24.0 Å². The van der Waals surface area contributed by atoms with E-state index in [1.165, 1.54) is 0 Å². The monoisotopic (exact) mass is 305 g/mol. The van der Waals surface area contributed by atoms with Crippen LogP contribution in [0.3, 0.4) is 0 Å². The first-order valence-corrected chi connectivity index (χ1v) is 8.30. The number of amides is 1. The zero-order valence-corrected chi connectivity index (χ0v) is 12.1. The number of benzene rings is 1. The maximum atomic E-state index is 12.2. The number of fused-ring (bicyclic) bond motifs is 1. The number of pyridine rings is 1. The Bertz CT molecular complexity index is 799. The number of carbonyl (C=O) groups is 1. The second-order valence-corrected chi connectivity index (χ2v) is 6.92. The van der Waals surface area contributed by atoms with Crippen molar-refractivity contribution in [2.75, 3.05) is 17.2 Å². The van der Waals surface area contributed by atoms with Gasteiger partial charge in [-0.15, -0.1) is 0 Å². The van der Waals surface area contributed by atoms with Gasteiger partial charge in [-0.3, -0.25) is 9.69 Å². The zero-order chi connectivity index (χ0) is 15.0. The molecule has 21 heavy (non-hydrogen) atoms. The van der Waals surface area contributed by atoms with E-state index in [9.17, 15) is 13.2 Å². The third kappa shape index (κ3) is 2.88. The molecule has 3 rings (SSSR count). The Morgan fingerprint density at radius 3 is 2.81 bits per heavy atom. The van der Waals surface area contributed by atoms with Crippen LogP contribution >= 0.6 is 0 Å². The van der Waals surface area contributed by atoms with Gasteiger partial charge in [0.1, 0.15) is 5.82 Å². The van der Waals surface area contributed by atoms with E-state index in [0.29, 0.717) is 12.4 Å². The fraction of sp³-hybridized carbons (Fsp3) is 0.286. The van der Waals surface area contributed by atoms with Gasteiger partial charge in [-0.1, -0.05) is 24.3 Å². The average Bonchev–Trinajstić information content (AvgIpc) is 2.76. The summed E-state index contributed by atoms with van der Waals surface area (Å²) in [5, 5.41) is 6.93. The maximum Gasteiger partial charge on any atom is 0.228 e. The molecule has 1 amide bonds. The molecule has 6 nitrogen and oxygen atoms in total. The predicted octanol–water partition coefficient (Wildman–Crippen LogP) is 0.876. The molecule has 2 aromatic rings. The molecule has 1 saturated heterocycles. The number of anilines is 1. The lowest BCUT2D eigenvalue weighted by atomic mass is 10.1. The topological polar surface area (TPSA) is 93.4 Å². The molecule has 0 radical (unpaired) electrons. The van der Waals surface area contributed by atoms with Crippen LogP contribution in [0.5, 0.6) is 0 Å². The van der Waals surface area contributed by atoms with Gasteiger partial charge in [-0.25, -0.2) is 18.5 Å². The molecule has 1 unspecified atom stereocenters. The van der Waals surface area contributed by atoms with Crippen molar-refractivity contribution in [3.8, 4) is 0 Å². The second-order valence-electron chi connectivity index (χ2n) is 5.26. The smallest absolute Gasteiger partial charge is 0.228 e. The minimum atomic E-state index is -3.58. The van der Waals surface area contributed by atoms with Crippen LogP contribution in [0.25, 0.3) is 10.8 Å². The van der Waals surface area contributed by atoms with Gasteiger partial charge in [-0.2, -0.15) is 0 Å². The number of hydrogen-bond donors (Lipinski definition) is 1. The van der Waals surface area contributed by atoms with Crippen molar-refractivity contribution in [3.63, 3.8) is 0 Å². The Morgan fingerprint density at radius 1 is 1.29 bits per heavy atom. The highest BCUT2D eigenvalue weighted by atomic mass is 32.2. The highest BCUT2D eigenvalue weighted by molar-refractivity contribution is 7.89. The number of aromatic nitrogens is 1. The van der Waals surface area contributed by atoms with Crippen molar-refractivity contribution in [3.05, 3.63) is 36.5 Å². The molecule has 2 N–H and O–H groups in total. The van der Waals surface area contributed by atoms with Crippen molar-refractivity contribution in [1.29, 1.82) is 0 Å². The summed E-state index contributed by atoms with van der Waals surface area (Å²) in [6.07, 6.45) is 1.83. The van der Waals surface area contributed by atoms with E-state index in [0.717, 1.165) is 10.8 Å². The Hall–Kier alpha value is -1.99. The van der Waals surface area contributed by atoms with Crippen LogP contribution in [0.1, 0.15) is 6.42 Å². The molecule has 0 spiro atoms. The largest absolute Gasteiger partial charge is 0.296 e. The van der Waals surface area contributed by atoms with Gasteiger partial charge in [-0.05, 0) is 11.5 Å². The first-order chi connectivity index (χ1) is 9.94. The Morgan fingerprint density at radius 2 is 2.05 bits per heavy atom. The number of hydrogen-bond acceptors (Lipinski definition) is 4. The normalized spacial score (nSPS) is 19.4. The lowest BCUT2D eigenvalue weighted by molar-refractivity contribution is -0.117. The quantitative estimate of drug-likeness (QED) is 0.910. The summed E-state index contributed by atoms with van der Waals surface area (Å²) in [5.74, 6) is -0.00389. The second kappa shape index (κ2) is 5.09. The lowest BCUT2D eigenvalue weighted by Gasteiger charge is -2.17. The van der Waals surface area contributed by atoms with Gasteiger partial charge in [0.15, 0.2) is 0 Å². The summed E-state index contributed by atoms with van der Waals surface area (Å²) in [4.78, 5) is 18.0. The SMILES string of the molecule is NS(=O)(=O)CC1CC(=O)N(c2nccc3ccccc23)C1. The highest BCUT2D eigenvalue weighted by Gasteiger charge is 2.34. The summed E-state index contributed by atoms with van der Waals surface area (Å²) in [7, 11) is -3.58. The minimum Gasteiger partial charge on any atom is -0.296 e. The molecule has 0 aliphatic carbocycles. The standard InChI is InChI=1S/C14H15N3O3S/c15-21(19,20)9-10-7-13(18)17(8-10)14-12-4-2-1-3-11(12)5-6-16-14/h1-6,10H,7-9H2,(H2,15,19,20). The molecule has 110 valence electrons. The van der Waals surface area contributed by atoms with Crippen LogP contribution in [-0.4, -0.2) is 31.6 Å². The molecule has 0 saturated carbocycles. The molecular formula is C14H15N3O3S. The first-order valence-electron chi connectivity index (χ1n) is 6.58. The Kier molecular flexibility index (Phi) is 3.38. The van der Waals surface area contributed by atoms with Gasteiger partial charge in [0.05, 0.1) is 5.75 Å². The van der Waals surface area contributed by atoms with Crippen LogP contribution in [-0.2, 0) is 14.8 Å². The molecule has 1 atom stereocenters. The summed E-state index contributed by atoms with van der Waals surface area (Å²) < 4.78 is 22.4. The molecule has 0 bridgehead atoms. The van der Waals surface area contributed by atoms with E-state index in [4.69, 9.17) is 5.14 Å². The number of sulfonamides is 1. The number of rotatable bonds is 3. The maximum absolute atomic E-state index is 12.2. The minimum absolute atomic E-state index is 0.118. The molecule has 7 heteroatoms. The van der Waals surface area contributed by atoms with E-state index in [2.05, 4.69) is 4.98 Å². The number of nitrogens with zero attached hydrogens (tertiary/aromatic N) is 2. The predicted molar refractivity (Wildman–Crippen MR) is 80.2 cm³/mol. The third-order valence-corrected chi connectivity index (χ3v) is 4.52. The number of carbonyl (C=O) groups excluding carboxylic acids is 1. The van der Waals surface area contributed by atoms with E-state index >= 15 is 0 Å². The van der Waals surface area contributed by atoms with Gasteiger partial charge in [0, 0.05) is 30.5 Å². The van der Waals surface area contributed by atoms with E-state index in [1.807, 2.05) is 30.3 Å². The van der Waals surface area contributed by atoms with Crippen molar-refractivity contribution < 1.29 is 13.2 Å². The molecule has 2 heterocycles. The van der Waals surface area contributed by atoms with Gasteiger partial charge < -0.3 is 0 Å². The number of nitrogens with two attached hydrogens (primary N) is 1. The fourth-order valence-electron chi connectivity index (χ4n) is 2.75. The molecule has 1 aromatic carbocycles. The van der Waals surface area contributed by atoms with Gasteiger partial charge in [0.25, 0.3) is 0 Å². The summed E-state index contributed by atoms with van der Waals surface area (Å²) in [5.41, 5.74) is 0. The average molecular weight is 305 g/mol. The summed E-state index contributed by atoms with van der Waals surface area (Å²) in [6.45, 7) is 0.330. The van der Waals surface area contributed by atoms with Crippen LogP contribution in [0.4, 0.5) is 5.82 Å². The molecule has 1 aliphatic heterocycles. The molecular weight excluding hydrogens is 290 g/mol. The van der Waals surface area contributed by atoms with Crippen molar-refractivity contribution in [2.24, 2.45) is 11.1 Å². The lowest BCUT2D eigenvalue weighted by Crippen LogP contribution is -2.28. The molecule has 1 aliphatic rings. The van der Waals surface area contributed by atoms with E-state index < -0.39 is 10.0 Å². The first kappa shape index (κ1) is 14.0. The highest BCUT2D eigenvalue weighted by Crippen LogP contribution is 2.29. The molecule has 1 fully saturated rings. The van der Waals surface area contributed by atoms with Crippen LogP contribution in [0, 0.1) is 5.92 Å². The van der Waals surface area contributed by atoms with Crippen molar-refractivity contribution in [1.82, 2.24) is 4.98 Å². The fourth-order valence-corrected chi connectivity index (χ4v) is 3.63. The van der Waals surface area contributed by atoms with Gasteiger partial charge >= 0.3 is 0 Å². The van der Waals surface area contributed by atoms with Crippen LogP contribution in [0.2, 0.25) is 0 Å². The summed E-state index contributed by atoms with van der Waals surface area (Å²) >= 11 is 0. The van der Waals surface area contributed by atoms with Crippen LogP contribution < -0.4 is 10.0 Å². The third-order valence-electron chi connectivity index (χ3n) is 3.58. The number of primary sulfonamides is 1. The Balaban J connectivity index is 1.95. The summed E-state index contributed by atoms with van der Waals surface area (Å²) in [6, 6.07) is 9.53. The van der Waals surface area contributed by atoms with Crippen molar-refractivity contribution >= 4 is 32.5 Å².